The number of aliphatic carboxylic acids is 1. The van der Waals surface area contributed by atoms with Crippen LogP contribution in [-0.2, 0) is 16.0 Å². The van der Waals surface area contributed by atoms with Crippen molar-refractivity contribution >= 4 is 40.9 Å². The van der Waals surface area contributed by atoms with Crippen molar-refractivity contribution in [3.8, 4) is 5.75 Å². The number of amides is 4. The second kappa shape index (κ2) is 14.9. The molecule has 4 rings (SSSR count). The number of aromatic nitrogens is 1. The number of carbonyl (C=O) groups is 4. The van der Waals surface area contributed by atoms with E-state index in [1.54, 1.807) is 63.5 Å². The van der Waals surface area contributed by atoms with E-state index in [2.05, 4.69) is 15.8 Å². The summed E-state index contributed by atoms with van der Waals surface area (Å²) in [6.07, 6.45) is 0.0745. The normalized spacial score (nSPS) is 11.3. The largest absolute Gasteiger partial charge is 0.495 e. The maximum atomic E-state index is 13.2. The molecule has 4 aromatic rings. The van der Waals surface area contributed by atoms with Gasteiger partial charge in [-0.3, -0.25) is 19.3 Å². The Morgan fingerprint density at radius 1 is 0.957 bits per heavy atom. The number of carboxylic acid groups (broad SMARTS) is 1. The highest BCUT2D eigenvalue weighted by molar-refractivity contribution is 6.02. The summed E-state index contributed by atoms with van der Waals surface area (Å²) in [5.74, 6) is -0.766. The van der Waals surface area contributed by atoms with Gasteiger partial charge in [-0.05, 0) is 67.3 Å². The monoisotopic (exact) mass is 627 g/mol. The first-order valence-electron chi connectivity index (χ1n) is 14.6. The molecular weight excluding hydrogens is 590 g/mol. The minimum atomic E-state index is -0.986. The molecule has 12 heteroatoms. The Kier molecular flexibility index (Phi) is 10.8. The number of rotatable bonds is 12. The van der Waals surface area contributed by atoms with Crippen LogP contribution in [-0.4, -0.2) is 55.3 Å². The van der Waals surface area contributed by atoms with E-state index in [1.165, 1.54) is 23.0 Å². The first kappa shape index (κ1) is 33.2. The van der Waals surface area contributed by atoms with Gasteiger partial charge in [0.05, 0.1) is 25.3 Å². The highest BCUT2D eigenvalue weighted by atomic mass is 16.5. The number of para-hydroxylation sites is 1. The van der Waals surface area contributed by atoms with Gasteiger partial charge in [-0.25, -0.2) is 4.79 Å². The zero-order valence-corrected chi connectivity index (χ0v) is 26.4. The Labute approximate surface area is 266 Å². The maximum Gasteiger partial charge on any atom is 0.326 e. The minimum absolute atomic E-state index is 0.0698. The number of nitrogens with zero attached hydrogens (tertiary/aromatic N) is 3. The summed E-state index contributed by atoms with van der Waals surface area (Å²) in [5, 5.41) is 18.6. The molecule has 1 aromatic heterocycles. The van der Waals surface area contributed by atoms with E-state index in [0.717, 1.165) is 11.3 Å². The molecule has 0 fully saturated rings. The fraction of sp³-hybridized carbons (Fsp3) is 0.265. The number of aryl methyl sites for hydroxylation is 2. The lowest BCUT2D eigenvalue weighted by Crippen LogP contribution is -2.31. The van der Waals surface area contributed by atoms with Crippen LogP contribution >= 0.6 is 0 Å². The highest BCUT2D eigenvalue weighted by Gasteiger charge is 2.21. The molecule has 0 aliphatic rings. The van der Waals surface area contributed by atoms with E-state index in [1.807, 2.05) is 31.2 Å². The van der Waals surface area contributed by atoms with Crippen LogP contribution < -0.4 is 25.2 Å². The Balaban J connectivity index is 1.42. The minimum Gasteiger partial charge on any atom is -0.495 e. The number of likely N-dealkylation sites (N-methyl/N-ethyl adjacent to an activating group) is 1. The van der Waals surface area contributed by atoms with Crippen LogP contribution in [0.1, 0.15) is 51.8 Å². The van der Waals surface area contributed by atoms with Crippen molar-refractivity contribution in [1.29, 1.82) is 0 Å². The van der Waals surface area contributed by atoms with Gasteiger partial charge in [-0.2, -0.15) is 0 Å². The van der Waals surface area contributed by atoms with Crippen molar-refractivity contribution in [1.82, 2.24) is 10.5 Å². The van der Waals surface area contributed by atoms with E-state index >= 15 is 0 Å². The lowest BCUT2D eigenvalue weighted by atomic mass is 10.0. The van der Waals surface area contributed by atoms with Gasteiger partial charge in [0.15, 0.2) is 5.69 Å². The fourth-order valence-electron chi connectivity index (χ4n) is 4.86. The van der Waals surface area contributed by atoms with Gasteiger partial charge in [0.2, 0.25) is 5.91 Å². The summed E-state index contributed by atoms with van der Waals surface area (Å²) < 4.78 is 10.5. The second-order valence-electron chi connectivity index (χ2n) is 10.8. The Morgan fingerprint density at radius 3 is 2.30 bits per heavy atom. The number of methoxy groups -OCH3 is 1. The number of hydrogen-bond donors (Lipinski definition) is 3. The van der Waals surface area contributed by atoms with Crippen LogP contribution in [0.5, 0.6) is 5.75 Å². The molecule has 0 aliphatic heterocycles. The number of nitrogens with one attached hydrogen (secondary N) is 2. The summed E-state index contributed by atoms with van der Waals surface area (Å²) in [6.45, 7) is 3.60. The first-order chi connectivity index (χ1) is 22.0. The van der Waals surface area contributed by atoms with Crippen molar-refractivity contribution in [3.05, 3.63) is 101 Å². The Hall–Kier alpha value is -5.65. The van der Waals surface area contributed by atoms with E-state index < -0.39 is 17.9 Å². The molecule has 0 spiro atoms. The summed E-state index contributed by atoms with van der Waals surface area (Å²) in [5.41, 5.74) is 4.28. The fourth-order valence-corrected chi connectivity index (χ4v) is 4.86. The third-order valence-electron chi connectivity index (χ3n) is 7.51. The summed E-state index contributed by atoms with van der Waals surface area (Å²) in [7, 11) is 4.83. The van der Waals surface area contributed by atoms with Crippen LogP contribution in [0.3, 0.4) is 0 Å². The SMILES string of the molecule is COc1cc(CC(=O)N(C)c2ccc(C(CCC(=O)O)NC(=O)c3cc(C)on3)cc2)ccc1NC(=O)N(C)c1ccccc1C. The van der Waals surface area contributed by atoms with E-state index in [0.29, 0.717) is 34.0 Å². The van der Waals surface area contributed by atoms with Crippen LogP contribution in [0.2, 0.25) is 0 Å². The smallest absolute Gasteiger partial charge is 0.326 e. The molecule has 0 aliphatic carbocycles. The highest BCUT2D eigenvalue weighted by Crippen LogP contribution is 2.28. The topological polar surface area (TPSA) is 154 Å². The molecule has 240 valence electrons. The quantitative estimate of drug-likeness (QED) is 0.186. The summed E-state index contributed by atoms with van der Waals surface area (Å²) in [4.78, 5) is 53.1. The van der Waals surface area contributed by atoms with E-state index in [4.69, 9.17) is 9.26 Å². The molecular formula is C34H37N5O7. The van der Waals surface area contributed by atoms with Crippen LogP contribution in [0, 0.1) is 13.8 Å². The van der Waals surface area contributed by atoms with Crippen molar-refractivity contribution in [2.75, 3.05) is 36.3 Å². The molecule has 1 atom stereocenters. The van der Waals surface area contributed by atoms with Crippen LogP contribution in [0.25, 0.3) is 0 Å². The van der Waals surface area contributed by atoms with Crippen LogP contribution in [0.4, 0.5) is 21.9 Å². The number of benzene rings is 3. The zero-order valence-electron chi connectivity index (χ0n) is 26.4. The van der Waals surface area contributed by atoms with Crippen molar-refractivity contribution < 1.29 is 33.5 Å². The molecule has 0 saturated heterocycles. The van der Waals surface area contributed by atoms with E-state index in [9.17, 15) is 24.3 Å². The second-order valence-corrected chi connectivity index (χ2v) is 10.8. The van der Waals surface area contributed by atoms with Crippen molar-refractivity contribution in [2.24, 2.45) is 0 Å². The van der Waals surface area contributed by atoms with Gasteiger partial charge in [0.1, 0.15) is 11.5 Å². The molecule has 1 heterocycles. The van der Waals surface area contributed by atoms with Crippen LogP contribution in [0.15, 0.2) is 77.3 Å². The number of hydrogen-bond acceptors (Lipinski definition) is 7. The average Bonchev–Trinajstić information content (AvgIpc) is 3.49. The standard InChI is InChI=1S/C34H37N5O7/c1-21-8-6-7-9-29(21)39(4)34(44)36-27-15-10-23(19-30(27)45-5)20-31(40)38(3)25-13-11-24(12-14-25)26(16-17-32(41)42)35-33(43)28-18-22(2)46-37-28/h6-15,18-19,26H,16-17,20H2,1-5H3,(H,35,43)(H,36,44)(H,41,42). The van der Waals surface area contributed by atoms with Gasteiger partial charge < -0.3 is 29.9 Å². The summed E-state index contributed by atoms with van der Waals surface area (Å²) in [6, 6.07) is 20.3. The van der Waals surface area contributed by atoms with Gasteiger partial charge in [-0.15, -0.1) is 0 Å². The maximum absolute atomic E-state index is 13.2. The Bertz CT molecular complexity index is 1720. The average molecular weight is 628 g/mol. The third kappa shape index (κ3) is 8.29. The number of urea groups is 1. The molecule has 3 aromatic carbocycles. The van der Waals surface area contributed by atoms with Gasteiger partial charge in [0, 0.05) is 38.0 Å². The van der Waals surface area contributed by atoms with E-state index in [-0.39, 0.29) is 36.9 Å². The molecule has 46 heavy (non-hydrogen) atoms. The lowest BCUT2D eigenvalue weighted by molar-refractivity contribution is -0.137. The molecule has 4 amide bonds. The molecule has 0 radical (unpaired) electrons. The number of carbonyl (C=O) groups excluding carboxylic acids is 3. The van der Waals surface area contributed by atoms with Gasteiger partial charge in [0.25, 0.3) is 5.91 Å². The van der Waals surface area contributed by atoms with Gasteiger partial charge in [-0.1, -0.05) is 41.6 Å². The predicted molar refractivity (Wildman–Crippen MR) is 173 cm³/mol. The molecule has 1 unspecified atom stereocenters. The Morgan fingerprint density at radius 2 is 1.67 bits per heavy atom. The predicted octanol–water partition coefficient (Wildman–Crippen LogP) is 5.51. The third-order valence-corrected chi connectivity index (χ3v) is 7.51. The number of anilines is 3. The van der Waals surface area contributed by atoms with Crippen molar-refractivity contribution in [2.45, 2.75) is 39.2 Å². The summed E-state index contributed by atoms with van der Waals surface area (Å²) >= 11 is 0. The number of ether oxygens (including phenoxy) is 1. The lowest BCUT2D eigenvalue weighted by Gasteiger charge is -2.22. The van der Waals surface area contributed by atoms with Crippen molar-refractivity contribution in [3.63, 3.8) is 0 Å². The molecule has 3 N–H and O–H groups in total. The number of carboxylic acids is 1. The molecule has 12 nitrogen and oxygen atoms in total. The molecule has 0 saturated carbocycles. The zero-order chi connectivity index (χ0) is 33.4. The molecule has 0 bridgehead atoms. The van der Waals surface area contributed by atoms with Gasteiger partial charge >= 0.3 is 12.0 Å². The first-order valence-corrected chi connectivity index (χ1v) is 14.6.